The predicted octanol–water partition coefficient (Wildman–Crippen LogP) is 1.49. The number of carbonyl (C=O) groups is 4. The number of rotatable bonds is 7. The van der Waals surface area contributed by atoms with Gasteiger partial charge in [0.15, 0.2) is 0 Å². The summed E-state index contributed by atoms with van der Waals surface area (Å²) in [6.45, 7) is 3.84. The summed E-state index contributed by atoms with van der Waals surface area (Å²) in [6, 6.07) is 5.32. The number of carboxylic acids is 2. The SMILES string of the molecule is CC(O)C1C(=O)N2C(C(=O)O)=C(SC3CNC(C(=O)Nc4cc(C(=O)O)cc5ncccc45)C3)C(C)[C@H]12. The molecule has 12 heteroatoms. The molecule has 2 saturated heterocycles. The number of anilines is 1. The van der Waals surface area contributed by atoms with Gasteiger partial charge in [-0.3, -0.25) is 14.6 Å². The molecule has 2 aromatic rings. The standard InChI is InChI=1S/C25H26N4O7S/c1-10-19-18(11(2)30)23(32)29(19)20(25(35)36)21(10)37-13-8-17(27-9-13)22(31)28-16-7-12(24(33)34)6-15-14(16)4-3-5-26-15/h3-7,10-11,13,17-19,27,30H,8-9H2,1-2H3,(H,28,31)(H,33,34)(H,35,36)/t10?,11?,13?,17?,18?,19-/m1/s1. The first-order chi connectivity index (χ1) is 17.6. The largest absolute Gasteiger partial charge is 0.478 e. The third kappa shape index (κ3) is 4.24. The van der Waals surface area contributed by atoms with Gasteiger partial charge >= 0.3 is 11.9 Å². The number of aromatic nitrogens is 1. The predicted molar refractivity (Wildman–Crippen MR) is 135 cm³/mol. The minimum atomic E-state index is -1.19. The van der Waals surface area contributed by atoms with Crippen molar-refractivity contribution in [3.05, 3.63) is 46.6 Å². The van der Waals surface area contributed by atoms with E-state index < -0.39 is 36.0 Å². The Kier molecular flexibility index (Phi) is 6.42. The van der Waals surface area contributed by atoms with E-state index >= 15 is 0 Å². The highest BCUT2D eigenvalue weighted by Crippen LogP contribution is 2.51. The summed E-state index contributed by atoms with van der Waals surface area (Å²) >= 11 is 1.35. The highest BCUT2D eigenvalue weighted by molar-refractivity contribution is 8.03. The third-order valence-electron chi connectivity index (χ3n) is 7.24. The maximum atomic E-state index is 13.1. The first-order valence-electron chi connectivity index (χ1n) is 11.9. The van der Waals surface area contributed by atoms with Crippen LogP contribution in [0, 0.1) is 11.8 Å². The molecule has 0 bridgehead atoms. The molecular weight excluding hydrogens is 500 g/mol. The molecule has 1 aromatic heterocycles. The molecule has 1 aromatic carbocycles. The molecule has 6 atom stereocenters. The van der Waals surface area contributed by atoms with Crippen molar-refractivity contribution in [3.8, 4) is 0 Å². The number of β-lactam (4-membered cyclic amide) rings is 1. The Balaban J connectivity index is 1.31. The Morgan fingerprint density at radius 3 is 2.68 bits per heavy atom. The number of carboxylic acid groups (broad SMARTS) is 2. The minimum absolute atomic E-state index is 0.00681. The summed E-state index contributed by atoms with van der Waals surface area (Å²) in [7, 11) is 0. The molecule has 2 amide bonds. The van der Waals surface area contributed by atoms with Crippen molar-refractivity contribution in [3.63, 3.8) is 0 Å². The summed E-state index contributed by atoms with van der Waals surface area (Å²) in [6.07, 6.45) is 1.08. The van der Waals surface area contributed by atoms with Crippen LogP contribution >= 0.6 is 11.8 Å². The molecule has 0 radical (unpaired) electrons. The van der Waals surface area contributed by atoms with Crippen molar-refractivity contribution < 1.29 is 34.5 Å². The fraction of sp³-hybridized carbons (Fsp3) is 0.400. The number of fused-ring (bicyclic) bond motifs is 2. The second kappa shape index (κ2) is 9.43. The molecule has 5 N–H and O–H groups in total. The Labute approximate surface area is 215 Å². The van der Waals surface area contributed by atoms with Crippen molar-refractivity contribution in [2.45, 2.75) is 43.7 Å². The van der Waals surface area contributed by atoms with E-state index in [4.69, 9.17) is 0 Å². The molecule has 0 aliphatic carbocycles. The van der Waals surface area contributed by atoms with Gasteiger partial charge in [-0.15, -0.1) is 11.8 Å². The van der Waals surface area contributed by atoms with E-state index in [1.54, 1.807) is 18.3 Å². The van der Waals surface area contributed by atoms with E-state index in [1.165, 1.54) is 35.7 Å². The number of aliphatic carboxylic acids is 1. The van der Waals surface area contributed by atoms with E-state index in [2.05, 4.69) is 15.6 Å². The first kappa shape index (κ1) is 25.2. The van der Waals surface area contributed by atoms with Crippen molar-refractivity contribution in [2.24, 2.45) is 11.8 Å². The first-order valence-corrected chi connectivity index (χ1v) is 12.8. The van der Waals surface area contributed by atoms with Gasteiger partial charge in [-0.2, -0.15) is 0 Å². The number of nitrogens with one attached hydrogen (secondary N) is 2. The van der Waals surface area contributed by atoms with Gasteiger partial charge in [-0.25, -0.2) is 9.59 Å². The van der Waals surface area contributed by atoms with Crippen LogP contribution in [0.5, 0.6) is 0 Å². The molecule has 2 fully saturated rings. The molecule has 5 rings (SSSR count). The van der Waals surface area contributed by atoms with Gasteiger partial charge in [-0.05, 0) is 37.6 Å². The maximum absolute atomic E-state index is 13.1. The van der Waals surface area contributed by atoms with Gasteiger partial charge in [-0.1, -0.05) is 6.92 Å². The van der Waals surface area contributed by atoms with Crippen LogP contribution in [0.4, 0.5) is 5.69 Å². The Bertz CT molecular complexity index is 1360. The number of nitrogens with zero attached hydrogens (tertiary/aromatic N) is 2. The van der Waals surface area contributed by atoms with Gasteiger partial charge in [0.25, 0.3) is 0 Å². The molecule has 3 aliphatic rings. The molecule has 3 aliphatic heterocycles. The molecule has 11 nitrogen and oxygen atoms in total. The zero-order chi connectivity index (χ0) is 26.6. The zero-order valence-corrected chi connectivity index (χ0v) is 20.9. The van der Waals surface area contributed by atoms with Gasteiger partial charge in [0.05, 0.1) is 40.9 Å². The summed E-state index contributed by atoms with van der Waals surface area (Å²) in [4.78, 5) is 55.3. The fourth-order valence-corrected chi connectivity index (χ4v) is 6.96. The van der Waals surface area contributed by atoms with Crippen molar-refractivity contribution in [1.29, 1.82) is 0 Å². The highest BCUT2D eigenvalue weighted by Gasteiger charge is 2.60. The lowest BCUT2D eigenvalue weighted by Gasteiger charge is -2.46. The lowest BCUT2D eigenvalue weighted by atomic mass is 9.79. The molecule has 37 heavy (non-hydrogen) atoms. The normalized spacial score (nSPS) is 27.7. The van der Waals surface area contributed by atoms with Crippen molar-refractivity contribution in [2.75, 3.05) is 11.9 Å². The van der Waals surface area contributed by atoms with E-state index in [9.17, 15) is 34.5 Å². The number of thioether (sulfide) groups is 1. The number of aliphatic hydroxyl groups excluding tert-OH is 1. The van der Waals surface area contributed by atoms with Crippen LogP contribution in [0.2, 0.25) is 0 Å². The number of hydrogen-bond acceptors (Lipinski definition) is 8. The third-order valence-corrected chi connectivity index (χ3v) is 8.75. The van der Waals surface area contributed by atoms with E-state index in [1.807, 2.05) is 6.92 Å². The fourth-order valence-electron chi connectivity index (χ4n) is 5.48. The van der Waals surface area contributed by atoms with Crippen LogP contribution in [0.3, 0.4) is 0 Å². The monoisotopic (exact) mass is 526 g/mol. The zero-order valence-electron chi connectivity index (χ0n) is 20.0. The Morgan fingerprint density at radius 1 is 1.24 bits per heavy atom. The van der Waals surface area contributed by atoms with Crippen LogP contribution in [-0.2, 0) is 14.4 Å². The van der Waals surface area contributed by atoms with Crippen LogP contribution in [-0.4, -0.2) is 78.9 Å². The van der Waals surface area contributed by atoms with Gasteiger partial charge in [0.2, 0.25) is 11.8 Å². The summed E-state index contributed by atoms with van der Waals surface area (Å²) in [5, 5.41) is 35.8. The lowest BCUT2D eigenvalue weighted by molar-refractivity contribution is -0.163. The molecule has 0 spiro atoms. The lowest BCUT2D eigenvalue weighted by Crippen LogP contribution is -2.63. The summed E-state index contributed by atoms with van der Waals surface area (Å²) < 4.78 is 0. The van der Waals surface area contributed by atoms with Crippen LogP contribution in [0.15, 0.2) is 41.1 Å². The second-order valence-electron chi connectivity index (χ2n) is 9.60. The Morgan fingerprint density at radius 2 is 2.00 bits per heavy atom. The highest BCUT2D eigenvalue weighted by atomic mass is 32.2. The van der Waals surface area contributed by atoms with Crippen LogP contribution < -0.4 is 10.6 Å². The van der Waals surface area contributed by atoms with Crippen molar-refractivity contribution >= 4 is 52.1 Å². The number of aliphatic hydroxyl groups is 1. The summed E-state index contributed by atoms with van der Waals surface area (Å²) in [5.41, 5.74) is 0.760. The number of aromatic carboxylic acids is 1. The maximum Gasteiger partial charge on any atom is 0.353 e. The van der Waals surface area contributed by atoms with Gasteiger partial charge in [0.1, 0.15) is 5.70 Å². The van der Waals surface area contributed by atoms with Gasteiger partial charge < -0.3 is 30.9 Å². The quantitative estimate of drug-likeness (QED) is 0.333. The van der Waals surface area contributed by atoms with E-state index in [0.717, 1.165) is 0 Å². The number of carbonyl (C=O) groups excluding carboxylic acids is 2. The van der Waals surface area contributed by atoms with E-state index in [-0.39, 0.29) is 34.2 Å². The smallest absolute Gasteiger partial charge is 0.353 e. The second-order valence-corrected chi connectivity index (χ2v) is 10.9. The molecule has 194 valence electrons. The van der Waals surface area contributed by atoms with Gasteiger partial charge in [0, 0.05) is 34.2 Å². The summed E-state index contributed by atoms with van der Waals surface area (Å²) in [5.74, 6) is -3.92. The number of hydrogen-bond donors (Lipinski definition) is 5. The average Bonchev–Trinajstić information content (AvgIpc) is 3.40. The molecule has 4 heterocycles. The van der Waals surface area contributed by atoms with E-state index in [0.29, 0.717) is 34.5 Å². The minimum Gasteiger partial charge on any atom is -0.478 e. The average molecular weight is 527 g/mol. The molecule has 5 unspecified atom stereocenters. The van der Waals surface area contributed by atoms with Crippen LogP contribution in [0.25, 0.3) is 10.9 Å². The topological polar surface area (TPSA) is 169 Å². The number of benzene rings is 1. The number of pyridine rings is 1. The van der Waals surface area contributed by atoms with Crippen LogP contribution in [0.1, 0.15) is 30.6 Å². The molecule has 0 saturated carbocycles. The Hall–Kier alpha value is -3.48. The van der Waals surface area contributed by atoms with Crippen molar-refractivity contribution in [1.82, 2.24) is 15.2 Å². The molecular formula is C25H26N4O7S. The number of amides is 2.